The molecule has 2 aliphatic rings. The Bertz CT molecular complexity index is 4280. The van der Waals surface area contributed by atoms with Crippen LogP contribution in [-0.2, 0) is 42.1 Å². The van der Waals surface area contributed by atoms with Gasteiger partial charge < -0.3 is 13.7 Å². The fourth-order valence-electron chi connectivity index (χ4n) is 12.0. The van der Waals surface area contributed by atoms with Crippen LogP contribution in [0.1, 0.15) is 0 Å². The molecule has 342 valence electrons. The molecule has 0 fully saturated rings. The Morgan fingerprint density at radius 3 is 1.23 bits per heavy atom. The van der Waals surface area contributed by atoms with Crippen molar-refractivity contribution in [2.45, 2.75) is 0 Å². The van der Waals surface area contributed by atoms with Crippen LogP contribution in [0.5, 0.6) is 0 Å². The largest absolute Gasteiger partial charge is 2.00 e. The molecule has 0 saturated carbocycles. The van der Waals surface area contributed by atoms with Gasteiger partial charge in [0.25, 0.3) is 0 Å². The quantitative estimate of drug-likeness (QED) is 0.128. The van der Waals surface area contributed by atoms with Crippen molar-refractivity contribution in [2.24, 2.45) is 0 Å². The normalized spacial score (nSPS) is 12.4. The van der Waals surface area contributed by atoms with Gasteiger partial charge in [-0.25, -0.2) is 19.9 Å². The first kappa shape index (κ1) is 43.8. The Balaban J connectivity index is 0.00000247. The van der Waals surface area contributed by atoms with Crippen molar-refractivity contribution in [1.29, 1.82) is 0 Å². The Kier molecular flexibility index (Phi) is 10.1. The molecule has 8 heterocycles. The van der Waals surface area contributed by atoms with E-state index in [0.717, 1.165) is 99.3 Å². The van der Waals surface area contributed by atoms with Crippen LogP contribution in [-0.4, -0.2) is 47.1 Å². The molecule has 14 aromatic rings. The first-order valence-electron chi connectivity index (χ1n) is 24.0. The van der Waals surface area contributed by atoms with E-state index < -0.39 is 0 Å². The molecule has 16 rings (SSSR count). The maximum absolute atomic E-state index is 4.91. The van der Waals surface area contributed by atoms with E-state index in [2.05, 4.69) is 184 Å². The molecule has 8 aromatic carbocycles. The molecule has 7 nitrogen and oxygen atoms in total. The smallest absolute Gasteiger partial charge is 0.328 e. The number of fused-ring (bicyclic) bond motifs is 15. The third-order valence-corrected chi connectivity index (χ3v) is 15.0. The van der Waals surface area contributed by atoms with E-state index in [1.54, 1.807) is 0 Å². The third-order valence-electron chi connectivity index (χ3n) is 15.0. The summed E-state index contributed by atoms with van der Waals surface area (Å²) in [6.07, 6.45) is 7.33. The number of hydrogen-bond acceptors (Lipinski definition) is 4. The summed E-state index contributed by atoms with van der Waals surface area (Å²) in [6.45, 7) is -0.267. The van der Waals surface area contributed by atoms with Crippen LogP contribution < -0.4 is 32.8 Å². The van der Waals surface area contributed by atoms with Crippen molar-refractivity contribution in [1.82, 2.24) is 33.6 Å². The van der Waals surface area contributed by atoms with Crippen molar-refractivity contribution in [2.75, 3.05) is 0 Å². The average molecular weight is 1290 g/mol. The summed E-state index contributed by atoms with van der Waals surface area (Å²) in [4.78, 5) is 19.5. The van der Waals surface area contributed by atoms with Gasteiger partial charge in [-0.1, -0.05) is 141 Å². The van der Waals surface area contributed by atoms with Crippen LogP contribution in [0.15, 0.2) is 201 Å². The molecule has 6 aromatic heterocycles. The molecular formula is C62H33B2N7Pt2. The zero-order valence-electron chi connectivity index (χ0n) is 38.5. The third kappa shape index (κ3) is 6.29. The van der Waals surface area contributed by atoms with Crippen LogP contribution >= 0.6 is 0 Å². The second kappa shape index (κ2) is 16.8. The molecule has 73 heavy (non-hydrogen) atoms. The number of rotatable bonds is 5. The molecular weight excluding hydrogens is 1250 g/mol. The molecule has 0 N–H and O–H groups in total. The number of benzene rings is 8. The Labute approximate surface area is 448 Å². The van der Waals surface area contributed by atoms with E-state index in [-0.39, 0.29) is 55.6 Å². The summed E-state index contributed by atoms with van der Waals surface area (Å²) < 4.78 is 6.65. The Morgan fingerprint density at radius 2 is 0.753 bits per heavy atom. The minimum atomic E-state index is -0.134. The van der Waals surface area contributed by atoms with Gasteiger partial charge in [0.1, 0.15) is 11.6 Å². The molecule has 11 heteroatoms. The summed E-state index contributed by atoms with van der Waals surface area (Å²) in [5, 5.41) is 6.76. The maximum atomic E-state index is 4.91. The van der Waals surface area contributed by atoms with Gasteiger partial charge in [-0.3, -0.25) is 0 Å². The zero-order valence-corrected chi connectivity index (χ0v) is 43.0. The van der Waals surface area contributed by atoms with E-state index in [9.17, 15) is 0 Å². The molecule has 0 bridgehead atoms. The molecule has 0 saturated heterocycles. The molecule has 0 atom stereocenters. The Hall–Kier alpha value is -7.95. The first-order valence-corrected chi connectivity index (χ1v) is 24.0. The number of hydrogen-bond donors (Lipinski definition) is 0. The zero-order chi connectivity index (χ0) is 46.3. The van der Waals surface area contributed by atoms with Crippen LogP contribution in [0.4, 0.5) is 0 Å². The SMILES string of the molecule is [Pt+2].[Pt+2].[c-]1c2c(cc3c4cc5c([c-]c4n(-c4ncccn4)c13)B(c1[c-]c3c(cc1)c1ccccc1n3-c1ccccn1)c1ccccc1-5)-c1ccccc1B2c1[c-]c2c(cc1)c1ccccc1n2-c1ccccn1. The Morgan fingerprint density at radius 1 is 0.329 bits per heavy atom. The second-order valence-electron chi connectivity index (χ2n) is 18.6. The standard InChI is InChI=1S/C62H33B2N7.2Pt/c1-5-18-50-40(14-1)46-34-48-49-35-47-41-15-2-6-19-51(41)64(39-25-27-45-43-17-4-8-21-55(43)70(57(45)33-39)61-23-10-12-29-66-61)53(47)37-59(49)71(62-67-30-13-31-68-62)58(48)36-52(46)63(50)38-24-26-44-42-16-3-7-20-54(42)69(56(44)32-38)60-22-9-11-28-65-60;;/h1-31,34-35H;;/q-4;2*+2. The molecule has 0 radical (unpaired) electrons. The van der Waals surface area contributed by atoms with Crippen molar-refractivity contribution in [3.63, 3.8) is 0 Å². The minimum Gasteiger partial charge on any atom is -0.328 e. The summed E-state index contributed by atoms with van der Waals surface area (Å²) in [5.41, 5.74) is 17.5. The van der Waals surface area contributed by atoms with Crippen LogP contribution in [0.3, 0.4) is 0 Å². The first-order chi connectivity index (χ1) is 35.2. The van der Waals surface area contributed by atoms with E-state index in [4.69, 9.17) is 19.9 Å². The fraction of sp³-hybridized carbons (Fsp3) is 0. The molecule has 0 aliphatic carbocycles. The van der Waals surface area contributed by atoms with Crippen LogP contribution in [0, 0.1) is 24.3 Å². The predicted molar refractivity (Wildman–Crippen MR) is 289 cm³/mol. The summed E-state index contributed by atoms with van der Waals surface area (Å²) in [7, 11) is 0. The summed E-state index contributed by atoms with van der Waals surface area (Å²) in [6, 6.07) is 78.6. The van der Waals surface area contributed by atoms with Gasteiger partial charge in [-0.2, -0.15) is 93.3 Å². The van der Waals surface area contributed by atoms with Crippen molar-refractivity contribution < 1.29 is 42.1 Å². The van der Waals surface area contributed by atoms with Crippen molar-refractivity contribution in [3.05, 3.63) is 225 Å². The van der Waals surface area contributed by atoms with Gasteiger partial charge in [0.05, 0.1) is 0 Å². The topological polar surface area (TPSA) is 66.3 Å². The second-order valence-corrected chi connectivity index (χ2v) is 18.6. The van der Waals surface area contributed by atoms with Gasteiger partial charge in [0, 0.05) is 35.8 Å². The van der Waals surface area contributed by atoms with Gasteiger partial charge in [0.15, 0.2) is 13.4 Å². The summed E-state index contributed by atoms with van der Waals surface area (Å²) in [5.74, 6) is 2.29. The monoisotopic (exact) mass is 1290 g/mol. The number of nitrogens with zero attached hydrogens (tertiary/aromatic N) is 7. The van der Waals surface area contributed by atoms with Crippen LogP contribution in [0.2, 0.25) is 0 Å². The predicted octanol–water partition coefficient (Wildman–Crippen LogP) is 8.75. The molecule has 0 spiro atoms. The van der Waals surface area contributed by atoms with Crippen LogP contribution in [0.25, 0.3) is 105 Å². The number of pyridine rings is 2. The fourth-order valence-corrected chi connectivity index (χ4v) is 12.0. The van der Waals surface area contributed by atoms with E-state index in [1.807, 2.05) is 55.1 Å². The van der Waals surface area contributed by atoms with E-state index in [1.165, 1.54) is 32.8 Å². The number of aromatic nitrogens is 7. The maximum Gasteiger partial charge on any atom is 2.00 e. The van der Waals surface area contributed by atoms with Gasteiger partial charge in [-0.05, 0) is 53.2 Å². The number of para-hydroxylation sites is 2. The minimum absolute atomic E-state index is 0. The molecule has 0 amide bonds. The van der Waals surface area contributed by atoms with Gasteiger partial charge in [0.2, 0.25) is 5.95 Å². The average Bonchev–Trinajstić information content (AvgIpc) is 4.21. The van der Waals surface area contributed by atoms with Crippen molar-refractivity contribution in [3.8, 4) is 39.8 Å². The summed E-state index contributed by atoms with van der Waals surface area (Å²) >= 11 is 0. The van der Waals surface area contributed by atoms with Gasteiger partial charge in [-0.15, -0.1) is 21.9 Å². The van der Waals surface area contributed by atoms with Crippen molar-refractivity contribution >= 4 is 112 Å². The molecule has 2 aliphatic heterocycles. The molecule has 0 unspecified atom stereocenters. The van der Waals surface area contributed by atoms with E-state index in [0.29, 0.717) is 5.95 Å². The van der Waals surface area contributed by atoms with Gasteiger partial charge >= 0.3 is 42.1 Å². The van der Waals surface area contributed by atoms with E-state index >= 15 is 0 Å².